The Morgan fingerprint density at radius 1 is 1.22 bits per heavy atom. The first-order valence-corrected chi connectivity index (χ1v) is 8.41. The number of nitrogens with zero attached hydrogens (tertiary/aromatic N) is 4. The average Bonchev–Trinajstić information content (AvgIpc) is 2.83. The summed E-state index contributed by atoms with van der Waals surface area (Å²) in [4.78, 5) is 6.53. The highest BCUT2D eigenvalue weighted by Gasteiger charge is 2.31. The maximum Gasteiger partial charge on any atom is 0.416 e. The number of rotatable bonds is 5. The second-order valence-corrected chi connectivity index (χ2v) is 6.71. The van der Waals surface area contributed by atoms with E-state index in [0.29, 0.717) is 23.1 Å². The Hall–Kier alpha value is -2.06. The molecule has 3 aromatic rings. The van der Waals surface area contributed by atoms with Crippen molar-refractivity contribution in [2.24, 2.45) is 7.05 Å². The van der Waals surface area contributed by atoms with Crippen LogP contribution in [0.1, 0.15) is 17.7 Å². The average molecular weight is 402 g/mol. The van der Waals surface area contributed by atoms with Gasteiger partial charge in [-0.25, -0.2) is 4.98 Å². The monoisotopic (exact) mass is 401 g/mol. The molecule has 0 saturated heterocycles. The molecule has 0 fully saturated rings. The highest BCUT2D eigenvalue weighted by molar-refractivity contribution is 6.07. The van der Waals surface area contributed by atoms with E-state index < -0.39 is 11.7 Å². The van der Waals surface area contributed by atoms with Crippen LogP contribution in [0.2, 0.25) is 0 Å². The van der Waals surface area contributed by atoms with Crippen molar-refractivity contribution in [1.29, 1.82) is 0 Å². The highest BCUT2D eigenvalue weighted by atomic mass is 35.5. The second kappa shape index (κ2) is 7.90. The number of hydrogen-bond acceptors (Lipinski definition) is 4. The van der Waals surface area contributed by atoms with Gasteiger partial charge < -0.3 is 10.2 Å². The Kier molecular flexibility index (Phi) is 6.21. The van der Waals surface area contributed by atoms with Crippen molar-refractivity contribution < 1.29 is 13.2 Å². The van der Waals surface area contributed by atoms with Crippen molar-refractivity contribution in [3.63, 3.8) is 0 Å². The topological polar surface area (TPSA) is 46.0 Å². The van der Waals surface area contributed by atoms with E-state index >= 15 is 0 Å². The van der Waals surface area contributed by atoms with Gasteiger partial charge in [0.15, 0.2) is 5.65 Å². The quantitative estimate of drug-likeness (QED) is 0.650. The molecule has 3 rings (SSSR count). The molecule has 0 aliphatic carbocycles. The minimum atomic E-state index is -4.40. The third-order valence-corrected chi connectivity index (χ3v) is 4.35. The standard InChI is InChI=1S/C18H22F3N5.ClH/c1-11-15-16(22-8-5-9-25(2)3)13-7-6-12(18(19,20)21)10-14(13)23-17(15)26(4)24-11;/h6-7,10H,5,8-9H2,1-4H3,(H,22,23);1H. The number of nitrogens with one attached hydrogen (secondary N) is 1. The van der Waals surface area contributed by atoms with E-state index in [4.69, 9.17) is 0 Å². The summed E-state index contributed by atoms with van der Waals surface area (Å²) in [6.07, 6.45) is -3.48. The van der Waals surface area contributed by atoms with Crippen molar-refractivity contribution >= 4 is 40.0 Å². The minimum Gasteiger partial charge on any atom is -0.384 e. The van der Waals surface area contributed by atoms with Crippen LogP contribution < -0.4 is 5.32 Å². The largest absolute Gasteiger partial charge is 0.416 e. The summed E-state index contributed by atoms with van der Waals surface area (Å²) >= 11 is 0. The van der Waals surface area contributed by atoms with E-state index in [9.17, 15) is 13.2 Å². The third kappa shape index (κ3) is 4.27. The Morgan fingerprint density at radius 3 is 2.56 bits per heavy atom. The van der Waals surface area contributed by atoms with Gasteiger partial charge in [0.2, 0.25) is 0 Å². The van der Waals surface area contributed by atoms with Crippen LogP contribution in [0.5, 0.6) is 0 Å². The first-order valence-electron chi connectivity index (χ1n) is 8.41. The van der Waals surface area contributed by atoms with Gasteiger partial charge in [-0.2, -0.15) is 18.3 Å². The fourth-order valence-corrected chi connectivity index (χ4v) is 3.12. The molecule has 0 amide bonds. The van der Waals surface area contributed by atoms with Gasteiger partial charge in [-0.3, -0.25) is 4.68 Å². The fraction of sp³-hybridized carbons (Fsp3) is 0.444. The molecule has 0 aliphatic rings. The molecule has 0 bridgehead atoms. The van der Waals surface area contributed by atoms with Gasteiger partial charge in [0.1, 0.15) is 0 Å². The lowest BCUT2D eigenvalue weighted by molar-refractivity contribution is -0.137. The summed E-state index contributed by atoms with van der Waals surface area (Å²) in [5.41, 5.74) is 1.78. The van der Waals surface area contributed by atoms with E-state index in [1.807, 2.05) is 21.0 Å². The summed E-state index contributed by atoms with van der Waals surface area (Å²) in [7, 11) is 5.76. The number of pyridine rings is 1. The van der Waals surface area contributed by atoms with E-state index in [1.165, 1.54) is 6.07 Å². The normalized spacial score (nSPS) is 12.0. The van der Waals surface area contributed by atoms with Crippen LogP contribution in [-0.2, 0) is 13.2 Å². The SMILES string of the molecule is Cc1nn(C)c2nc3cc(C(F)(F)F)ccc3c(NCCCN(C)C)c12.Cl. The van der Waals surface area contributed by atoms with Crippen molar-refractivity contribution in [2.75, 3.05) is 32.5 Å². The Labute approximate surface area is 162 Å². The number of hydrogen-bond donors (Lipinski definition) is 1. The van der Waals surface area contributed by atoms with Crippen LogP contribution in [0.25, 0.3) is 21.9 Å². The summed E-state index contributed by atoms with van der Waals surface area (Å²) in [5, 5.41) is 9.31. The predicted molar refractivity (Wildman–Crippen MR) is 105 cm³/mol. The summed E-state index contributed by atoms with van der Waals surface area (Å²) in [6, 6.07) is 3.69. The zero-order valence-corrected chi connectivity index (χ0v) is 16.5. The summed E-state index contributed by atoms with van der Waals surface area (Å²) in [6.45, 7) is 3.51. The molecule has 1 N–H and O–H groups in total. The molecule has 2 aromatic heterocycles. The lowest BCUT2D eigenvalue weighted by Crippen LogP contribution is -2.16. The smallest absolute Gasteiger partial charge is 0.384 e. The van der Waals surface area contributed by atoms with E-state index in [2.05, 4.69) is 20.3 Å². The van der Waals surface area contributed by atoms with Crippen LogP contribution in [0, 0.1) is 6.92 Å². The molecule has 0 saturated carbocycles. The first-order chi connectivity index (χ1) is 12.2. The van der Waals surface area contributed by atoms with E-state index in [1.54, 1.807) is 11.7 Å². The van der Waals surface area contributed by atoms with Crippen LogP contribution in [0.3, 0.4) is 0 Å². The van der Waals surface area contributed by atoms with Gasteiger partial charge in [-0.05, 0) is 46.1 Å². The third-order valence-electron chi connectivity index (χ3n) is 4.35. The molecule has 27 heavy (non-hydrogen) atoms. The van der Waals surface area contributed by atoms with Crippen molar-refractivity contribution in [2.45, 2.75) is 19.5 Å². The molecule has 1 aromatic carbocycles. The van der Waals surface area contributed by atoms with Crippen LogP contribution >= 0.6 is 12.4 Å². The molecular weight excluding hydrogens is 379 g/mol. The summed E-state index contributed by atoms with van der Waals surface area (Å²) in [5.74, 6) is 0. The van der Waals surface area contributed by atoms with E-state index in [0.717, 1.165) is 41.9 Å². The van der Waals surface area contributed by atoms with Crippen LogP contribution in [0.4, 0.5) is 18.9 Å². The Morgan fingerprint density at radius 2 is 1.93 bits per heavy atom. The molecule has 148 valence electrons. The molecule has 0 atom stereocenters. The summed E-state index contributed by atoms with van der Waals surface area (Å²) < 4.78 is 40.8. The van der Waals surface area contributed by atoms with Crippen molar-refractivity contribution in [3.8, 4) is 0 Å². The second-order valence-electron chi connectivity index (χ2n) is 6.71. The van der Waals surface area contributed by atoms with Gasteiger partial charge in [-0.15, -0.1) is 12.4 Å². The van der Waals surface area contributed by atoms with Gasteiger partial charge >= 0.3 is 6.18 Å². The molecule has 2 heterocycles. The number of aromatic nitrogens is 3. The minimum absolute atomic E-state index is 0. The number of benzene rings is 1. The van der Waals surface area contributed by atoms with Gasteiger partial charge in [0.05, 0.1) is 27.8 Å². The number of halogens is 4. The molecule has 0 aliphatic heterocycles. The molecule has 5 nitrogen and oxygen atoms in total. The fourth-order valence-electron chi connectivity index (χ4n) is 3.12. The molecule has 0 unspecified atom stereocenters. The number of aryl methyl sites for hydroxylation is 2. The predicted octanol–water partition coefficient (Wildman–Crippen LogP) is 4.23. The van der Waals surface area contributed by atoms with Gasteiger partial charge in [0.25, 0.3) is 0 Å². The lowest BCUT2D eigenvalue weighted by atomic mass is 10.1. The Balaban J connectivity index is 0.00000261. The molecular formula is C18H23ClF3N5. The zero-order chi connectivity index (χ0) is 19.1. The number of fused-ring (bicyclic) bond motifs is 2. The van der Waals surface area contributed by atoms with E-state index in [-0.39, 0.29) is 12.4 Å². The Bertz CT molecular complexity index is 950. The molecule has 0 radical (unpaired) electrons. The van der Waals surface area contributed by atoms with Gasteiger partial charge in [0, 0.05) is 19.0 Å². The molecule has 9 heteroatoms. The van der Waals surface area contributed by atoms with Crippen LogP contribution in [-0.4, -0.2) is 46.8 Å². The maximum atomic E-state index is 13.1. The number of alkyl halides is 3. The van der Waals surface area contributed by atoms with Crippen molar-refractivity contribution in [1.82, 2.24) is 19.7 Å². The van der Waals surface area contributed by atoms with Crippen LogP contribution in [0.15, 0.2) is 18.2 Å². The van der Waals surface area contributed by atoms with Crippen molar-refractivity contribution in [3.05, 3.63) is 29.5 Å². The molecule has 0 spiro atoms. The van der Waals surface area contributed by atoms with Gasteiger partial charge in [-0.1, -0.05) is 6.07 Å². The highest BCUT2D eigenvalue weighted by Crippen LogP contribution is 2.36. The first kappa shape index (κ1) is 21.2. The zero-order valence-electron chi connectivity index (χ0n) is 15.7. The lowest BCUT2D eigenvalue weighted by Gasteiger charge is -2.15. The number of anilines is 1. The maximum absolute atomic E-state index is 13.1.